The number of benzene rings is 1. The largest absolute Gasteiger partial charge is 0.389 e. The molecule has 0 saturated heterocycles. The SMILES string of the molecule is CNC(=O)CCN(C)S(=O)(=O)c1cccc(F)c1C(N)=S. The summed E-state index contributed by atoms with van der Waals surface area (Å²) in [5.41, 5.74) is 5.08. The fourth-order valence-corrected chi connectivity index (χ4v) is 3.29. The Morgan fingerprint density at radius 2 is 2.10 bits per heavy atom. The smallest absolute Gasteiger partial charge is 0.243 e. The number of carbonyl (C=O) groups is 1. The third-order valence-corrected chi connectivity index (χ3v) is 4.95. The van der Waals surface area contributed by atoms with Crippen molar-refractivity contribution >= 4 is 33.1 Å². The van der Waals surface area contributed by atoms with E-state index in [9.17, 15) is 17.6 Å². The van der Waals surface area contributed by atoms with Crippen LogP contribution < -0.4 is 11.1 Å². The van der Waals surface area contributed by atoms with Gasteiger partial charge in [0.1, 0.15) is 10.8 Å². The fraction of sp³-hybridized carbons (Fsp3) is 0.333. The summed E-state index contributed by atoms with van der Waals surface area (Å²) in [4.78, 5) is 10.5. The van der Waals surface area contributed by atoms with Crippen molar-refractivity contribution in [1.29, 1.82) is 0 Å². The van der Waals surface area contributed by atoms with Gasteiger partial charge in [-0.2, -0.15) is 0 Å². The lowest BCUT2D eigenvalue weighted by atomic mass is 10.2. The minimum absolute atomic E-state index is 0.00997. The minimum Gasteiger partial charge on any atom is -0.389 e. The topological polar surface area (TPSA) is 92.5 Å². The predicted octanol–water partition coefficient (Wildman–Crippen LogP) is 0.217. The van der Waals surface area contributed by atoms with Crippen LogP contribution >= 0.6 is 12.2 Å². The summed E-state index contributed by atoms with van der Waals surface area (Å²) in [6.07, 6.45) is -0.00997. The monoisotopic (exact) mass is 333 g/mol. The summed E-state index contributed by atoms with van der Waals surface area (Å²) < 4.78 is 39.6. The van der Waals surface area contributed by atoms with Gasteiger partial charge < -0.3 is 11.1 Å². The van der Waals surface area contributed by atoms with Gasteiger partial charge >= 0.3 is 0 Å². The fourth-order valence-electron chi connectivity index (χ4n) is 1.63. The first-order chi connectivity index (χ1) is 9.71. The van der Waals surface area contributed by atoms with E-state index in [1.54, 1.807) is 0 Å². The molecule has 1 aromatic carbocycles. The van der Waals surface area contributed by atoms with Gasteiger partial charge in [-0.05, 0) is 12.1 Å². The molecule has 1 amide bonds. The Kier molecular flexibility index (Phi) is 5.76. The molecule has 0 saturated carbocycles. The molecule has 0 aliphatic heterocycles. The number of thiocarbonyl (C=S) groups is 1. The zero-order valence-electron chi connectivity index (χ0n) is 11.6. The van der Waals surface area contributed by atoms with Gasteiger partial charge in [0.15, 0.2) is 0 Å². The molecule has 0 aliphatic carbocycles. The molecule has 0 bridgehead atoms. The van der Waals surface area contributed by atoms with E-state index in [-0.39, 0.29) is 34.3 Å². The van der Waals surface area contributed by atoms with Crippen LogP contribution in [0.2, 0.25) is 0 Å². The molecule has 1 aromatic rings. The van der Waals surface area contributed by atoms with Crippen molar-refractivity contribution in [3.63, 3.8) is 0 Å². The number of rotatable bonds is 6. The summed E-state index contributed by atoms with van der Waals surface area (Å²) >= 11 is 4.71. The summed E-state index contributed by atoms with van der Waals surface area (Å²) in [7, 11) is -1.24. The van der Waals surface area contributed by atoms with Gasteiger partial charge in [0.2, 0.25) is 15.9 Å². The first kappa shape index (κ1) is 17.5. The van der Waals surface area contributed by atoms with Crippen LogP contribution in [-0.2, 0) is 14.8 Å². The normalized spacial score (nSPS) is 11.4. The highest BCUT2D eigenvalue weighted by atomic mass is 32.2. The van der Waals surface area contributed by atoms with E-state index in [0.29, 0.717) is 0 Å². The molecule has 0 aromatic heterocycles. The Morgan fingerprint density at radius 3 is 2.62 bits per heavy atom. The number of sulfonamides is 1. The number of nitrogens with zero attached hydrogens (tertiary/aromatic N) is 1. The first-order valence-electron chi connectivity index (χ1n) is 5.97. The van der Waals surface area contributed by atoms with Crippen LogP contribution in [-0.4, -0.2) is 44.3 Å². The number of amides is 1. The maximum absolute atomic E-state index is 13.7. The van der Waals surface area contributed by atoms with Crippen molar-refractivity contribution in [3.05, 3.63) is 29.6 Å². The zero-order chi connectivity index (χ0) is 16.2. The van der Waals surface area contributed by atoms with Crippen LogP contribution in [0.3, 0.4) is 0 Å². The quantitative estimate of drug-likeness (QED) is 0.727. The number of halogens is 1. The molecule has 3 N–H and O–H groups in total. The highest BCUT2D eigenvalue weighted by molar-refractivity contribution is 7.89. The second-order valence-electron chi connectivity index (χ2n) is 4.23. The maximum atomic E-state index is 13.7. The van der Waals surface area contributed by atoms with E-state index in [1.807, 2.05) is 0 Å². The van der Waals surface area contributed by atoms with Gasteiger partial charge in [-0.3, -0.25) is 4.79 Å². The van der Waals surface area contributed by atoms with Crippen LogP contribution in [0.15, 0.2) is 23.1 Å². The molecule has 0 fully saturated rings. The van der Waals surface area contributed by atoms with Crippen LogP contribution in [0.5, 0.6) is 0 Å². The molecule has 0 unspecified atom stereocenters. The average molecular weight is 333 g/mol. The standard InChI is InChI=1S/C12H16FN3O3S2/c1-15-10(17)6-7-16(2)21(18,19)9-5-3-4-8(13)11(9)12(14)20/h3-5H,6-7H2,1-2H3,(H2,14,20)(H,15,17). The molecule has 0 spiro atoms. The molecule has 0 aliphatic rings. The van der Waals surface area contributed by atoms with Gasteiger partial charge in [0.25, 0.3) is 0 Å². The first-order valence-corrected chi connectivity index (χ1v) is 7.82. The van der Waals surface area contributed by atoms with Crippen LogP contribution in [0, 0.1) is 5.82 Å². The van der Waals surface area contributed by atoms with E-state index in [2.05, 4.69) is 5.32 Å². The zero-order valence-corrected chi connectivity index (χ0v) is 13.2. The van der Waals surface area contributed by atoms with Gasteiger partial charge in [-0.1, -0.05) is 18.3 Å². The third-order valence-electron chi connectivity index (χ3n) is 2.84. The highest BCUT2D eigenvalue weighted by Crippen LogP contribution is 2.22. The molecule has 0 heterocycles. The van der Waals surface area contributed by atoms with Crippen molar-refractivity contribution in [2.75, 3.05) is 20.6 Å². The number of nitrogens with one attached hydrogen (secondary N) is 1. The average Bonchev–Trinajstić information content (AvgIpc) is 2.43. The minimum atomic E-state index is -4.00. The Balaban J connectivity index is 3.17. The summed E-state index contributed by atoms with van der Waals surface area (Å²) in [6.45, 7) is -0.0463. The van der Waals surface area contributed by atoms with Gasteiger partial charge in [-0.25, -0.2) is 17.1 Å². The van der Waals surface area contributed by atoms with E-state index in [4.69, 9.17) is 18.0 Å². The molecular weight excluding hydrogens is 317 g/mol. The molecular formula is C12H16FN3O3S2. The van der Waals surface area contributed by atoms with Crippen molar-refractivity contribution in [3.8, 4) is 0 Å². The van der Waals surface area contributed by atoms with Crippen LogP contribution in [0.1, 0.15) is 12.0 Å². The Hall–Kier alpha value is -1.58. The summed E-state index contributed by atoms with van der Waals surface area (Å²) in [5, 5.41) is 2.39. The maximum Gasteiger partial charge on any atom is 0.243 e. The van der Waals surface area contributed by atoms with E-state index in [0.717, 1.165) is 10.4 Å². The third kappa shape index (κ3) is 3.96. The second kappa shape index (κ2) is 6.92. The predicted molar refractivity (Wildman–Crippen MR) is 80.8 cm³/mol. The number of hydrogen-bond acceptors (Lipinski definition) is 4. The lowest BCUT2D eigenvalue weighted by Crippen LogP contribution is -2.33. The van der Waals surface area contributed by atoms with Gasteiger partial charge in [0.05, 0.1) is 10.5 Å². The number of nitrogens with two attached hydrogens (primary N) is 1. The molecule has 9 heteroatoms. The summed E-state index contributed by atoms with van der Waals surface area (Å²) in [6, 6.07) is 3.57. The Morgan fingerprint density at radius 1 is 1.48 bits per heavy atom. The molecule has 0 atom stereocenters. The molecule has 1 rings (SSSR count). The van der Waals surface area contributed by atoms with Gasteiger partial charge in [-0.15, -0.1) is 0 Å². The molecule has 6 nitrogen and oxygen atoms in total. The van der Waals surface area contributed by atoms with Crippen molar-refractivity contribution < 1.29 is 17.6 Å². The van der Waals surface area contributed by atoms with Gasteiger partial charge in [0, 0.05) is 27.1 Å². The Bertz CT molecular complexity index is 662. The second-order valence-corrected chi connectivity index (χ2v) is 6.68. The van der Waals surface area contributed by atoms with Crippen molar-refractivity contribution in [2.45, 2.75) is 11.3 Å². The molecule has 0 radical (unpaired) electrons. The van der Waals surface area contributed by atoms with E-state index in [1.165, 1.54) is 26.2 Å². The van der Waals surface area contributed by atoms with Crippen LogP contribution in [0.4, 0.5) is 4.39 Å². The lowest BCUT2D eigenvalue weighted by Gasteiger charge is -2.19. The molecule has 116 valence electrons. The van der Waals surface area contributed by atoms with Crippen LogP contribution in [0.25, 0.3) is 0 Å². The lowest BCUT2D eigenvalue weighted by molar-refractivity contribution is -0.120. The highest BCUT2D eigenvalue weighted by Gasteiger charge is 2.27. The summed E-state index contributed by atoms with van der Waals surface area (Å²) in [5.74, 6) is -1.10. The Labute approximate surface area is 128 Å². The number of carbonyl (C=O) groups excluding carboxylic acids is 1. The van der Waals surface area contributed by atoms with Crippen molar-refractivity contribution in [1.82, 2.24) is 9.62 Å². The van der Waals surface area contributed by atoms with E-state index >= 15 is 0 Å². The van der Waals surface area contributed by atoms with Crippen molar-refractivity contribution in [2.24, 2.45) is 5.73 Å². The number of hydrogen-bond donors (Lipinski definition) is 2. The molecule has 21 heavy (non-hydrogen) atoms. The van der Waals surface area contributed by atoms with E-state index < -0.39 is 15.8 Å².